The van der Waals surface area contributed by atoms with Gasteiger partial charge in [-0.3, -0.25) is 14.5 Å². The number of benzene rings is 2. The van der Waals surface area contributed by atoms with E-state index in [1.165, 1.54) is 23.1 Å². The number of anilines is 1. The Hall–Kier alpha value is -2.85. The van der Waals surface area contributed by atoms with Gasteiger partial charge in [-0.1, -0.05) is 48.2 Å². The van der Waals surface area contributed by atoms with Crippen molar-refractivity contribution in [1.82, 2.24) is 4.90 Å². The fourth-order valence-corrected chi connectivity index (χ4v) is 4.33. The van der Waals surface area contributed by atoms with Crippen LogP contribution >= 0.6 is 24.0 Å². The third-order valence-corrected chi connectivity index (χ3v) is 5.94. The fraction of sp³-hybridized carbons (Fsp3) is 0.227. The lowest BCUT2D eigenvalue weighted by Gasteiger charge is -2.15. The standard InChI is InChI=1S/C22H19F3N2O3S2/c1-30-15-7-4-6-14(12-15)13-18-20(29)27(21(31)32-18)11-5-10-19(28)26-17-9-3-2-8-16(17)22(23,24)25/h2-4,6-9,12-13H,5,10-11H2,1H3,(H,26,28)/b18-13-. The van der Waals surface area contributed by atoms with Crippen LogP contribution in [0.2, 0.25) is 0 Å². The van der Waals surface area contributed by atoms with Gasteiger partial charge in [0.15, 0.2) is 0 Å². The van der Waals surface area contributed by atoms with E-state index in [2.05, 4.69) is 5.32 Å². The fourth-order valence-electron chi connectivity index (χ4n) is 3.03. The van der Waals surface area contributed by atoms with Crippen molar-refractivity contribution < 1.29 is 27.5 Å². The number of thioether (sulfide) groups is 1. The van der Waals surface area contributed by atoms with E-state index in [4.69, 9.17) is 17.0 Å². The molecule has 1 saturated heterocycles. The summed E-state index contributed by atoms with van der Waals surface area (Å²) >= 11 is 6.44. The number of carbonyl (C=O) groups is 2. The van der Waals surface area contributed by atoms with Crippen molar-refractivity contribution in [1.29, 1.82) is 0 Å². The van der Waals surface area contributed by atoms with Crippen LogP contribution in [0.3, 0.4) is 0 Å². The van der Waals surface area contributed by atoms with Crippen LogP contribution in [0.5, 0.6) is 5.75 Å². The molecule has 2 amide bonds. The lowest BCUT2D eigenvalue weighted by molar-refractivity contribution is -0.137. The first-order valence-corrected chi connectivity index (χ1v) is 10.8. The highest BCUT2D eigenvalue weighted by Crippen LogP contribution is 2.35. The molecule has 1 N–H and O–H groups in total. The number of halogens is 3. The van der Waals surface area contributed by atoms with Crippen LogP contribution in [0, 0.1) is 0 Å². The highest BCUT2D eigenvalue weighted by molar-refractivity contribution is 8.26. The number of rotatable bonds is 7. The maximum atomic E-state index is 13.1. The largest absolute Gasteiger partial charge is 0.497 e. The minimum Gasteiger partial charge on any atom is -0.497 e. The number of amides is 2. The van der Waals surface area contributed by atoms with Gasteiger partial charge < -0.3 is 10.1 Å². The summed E-state index contributed by atoms with van der Waals surface area (Å²) in [7, 11) is 1.55. The zero-order chi connectivity index (χ0) is 23.3. The van der Waals surface area contributed by atoms with Crippen molar-refractivity contribution in [2.24, 2.45) is 0 Å². The number of thiocarbonyl (C=S) groups is 1. The molecule has 0 unspecified atom stereocenters. The summed E-state index contributed by atoms with van der Waals surface area (Å²) in [4.78, 5) is 26.7. The van der Waals surface area contributed by atoms with E-state index in [9.17, 15) is 22.8 Å². The minimum atomic E-state index is -4.57. The number of para-hydroxylation sites is 1. The monoisotopic (exact) mass is 480 g/mol. The van der Waals surface area contributed by atoms with E-state index in [-0.39, 0.29) is 31.0 Å². The first kappa shape index (κ1) is 23.8. The first-order valence-electron chi connectivity index (χ1n) is 9.54. The van der Waals surface area contributed by atoms with Gasteiger partial charge in [0, 0.05) is 13.0 Å². The summed E-state index contributed by atoms with van der Waals surface area (Å²) < 4.78 is 44.7. The van der Waals surface area contributed by atoms with E-state index in [1.807, 2.05) is 6.07 Å². The molecule has 32 heavy (non-hydrogen) atoms. The molecule has 5 nitrogen and oxygen atoms in total. The molecule has 168 valence electrons. The van der Waals surface area contributed by atoms with Crippen LogP contribution in [-0.4, -0.2) is 34.7 Å². The van der Waals surface area contributed by atoms with Gasteiger partial charge in [-0.15, -0.1) is 0 Å². The Kier molecular flexibility index (Phi) is 7.57. The predicted molar refractivity (Wildman–Crippen MR) is 122 cm³/mol. The summed E-state index contributed by atoms with van der Waals surface area (Å²) in [5.74, 6) is -0.183. The van der Waals surface area contributed by atoms with E-state index in [0.717, 1.165) is 23.4 Å². The molecule has 1 heterocycles. The van der Waals surface area contributed by atoms with Crippen molar-refractivity contribution >= 4 is 51.9 Å². The maximum absolute atomic E-state index is 13.1. The normalized spacial score (nSPS) is 15.4. The molecular weight excluding hydrogens is 461 g/mol. The zero-order valence-corrected chi connectivity index (χ0v) is 18.6. The van der Waals surface area contributed by atoms with Crippen molar-refractivity contribution in [3.8, 4) is 5.75 Å². The number of alkyl halides is 3. The number of ether oxygens (including phenoxy) is 1. The second-order valence-electron chi connectivity index (χ2n) is 6.81. The predicted octanol–water partition coefficient (Wildman–Crippen LogP) is 5.33. The van der Waals surface area contributed by atoms with Crippen molar-refractivity contribution in [3.63, 3.8) is 0 Å². The summed E-state index contributed by atoms with van der Waals surface area (Å²) in [5, 5.41) is 2.29. The van der Waals surface area contributed by atoms with Crippen LogP contribution in [0.4, 0.5) is 18.9 Å². The molecule has 1 aliphatic heterocycles. The zero-order valence-electron chi connectivity index (χ0n) is 16.9. The summed E-state index contributed by atoms with van der Waals surface area (Å²) in [5.41, 5.74) is -0.419. The number of methoxy groups -OCH3 is 1. The Balaban J connectivity index is 1.57. The molecule has 2 aromatic carbocycles. The van der Waals surface area contributed by atoms with Gasteiger partial charge in [0.25, 0.3) is 5.91 Å². The topological polar surface area (TPSA) is 58.6 Å². The summed E-state index contributed by atoms with van der Waals surface area (Å²) in [6.45, 7) is 0.189. The Labute approximate surface area is 192 Å². The Bertz CT molecular complexity index is 1070. The molecule has 0 radical (unpaired) electrons. The minimum absolute atomic E-state index is 0.0574. The number of nitrogens with one attached hydrogen (secondary N) is 1. The molecular formula is C22H19F3N2O3S2. The number of carbonyl (C=O) groups excluding carboxylic acids is 2. The summed E-state index contributed by atoms with van der Waals surface area (Å²) in [6.07, 6.45) is -2.67. The van der Waals surface area contributed by atoms with E-state index in [0.29, 0.717) is 15.0 Å². The van der Waals surface area contributed by atoms with Gasteiger partial charge in [-0.2, -0.15) is 13.2 Å². The quantitative estimate of drug-likeness (QED) is 0.429. The van der Waals surface area contributed by atoms with Gasteiger partial charge in [0.1, 0.15) is 10.1 Å². The van der Waals surface area contributed by atoms with E-state index >= 15 is 0 Å². The van der Waals surface area contributed by atoms with Crippen molar-refractivity contribution in [2.45, 2.75) is 19.0 Å². The van der Waals surface area contributed by atoms with Gasteiger partial charge in [0.2, 0.25) is 5.91 Å². The molecule has 1 fully saturated rings. The smallest absolute Gasteiger partial charge is 0.418 e. The molecule has 1 aliphatic rings. The molecule has 10 heteroatoms. The maximum Gasteiger partial charge on any atom is 0.418 e. The van der Waals surface area contributed by atoms with Crippen LogP contribution in [0.25, 0.3) is 6.08 Å². The molecule has 0 aromatic heterocycles. The SMILES string of the molecule is COc1cccc(/C=C2\SC(=S)N(CCCC(=O)Nc3ccccc3C(F)(F)F)C2=O)c1. The van der Waals surface area contributed by atoms with E-state index in [1.54, 1.807) is 31.4 Å². The highest BCUT2D eigenvalue weighted by atomic mass is 32.2. The second kappa shape index (κ2) is 10.2. The molecule has 3 rings (SSSR count). The molecule has 0 bridgehead atoms. The molecule has 2 aromatic rings. The highest BCUT2D eigenvalue weighted by Gasteiger charge is 2.34. The van der Waals surface area contributed by atoms with Crippen LogP contribution in [-0.2, 0) is 15.8 Å². The van der Waals surface area contributed by atoms with Crippen LogP contribution < -0.4 is 10.1 Å². The van der Waals surface area contributed by atoms with Crippen molar-refractivity contribution in [2.75, 3.05) is 19.0 Å². The molecule has 0 spiro atoms. The van der Waals surface area contributed by atoms with Crippen molar-refractivity contribution in [3.05, 3.63) is 64.6 Å². The second-order valence-corrected chi connectivity index (χ2v) is 8.48. The van der Waals surface area contributed by atoms with Gasteiger partial charge >= 0.3 is 6.18 Å². The average molecular weight is 481 g/mol. The van der Waals surface area contributed by atoms with Gasteiger partial charge in [-0.25, -0.2) is 0 Å². The third-order valence-electron chi connectivity index (χ3n) is 4.56. The molecule has 0 aliphatic carbocycles. The average Bonchev–Trinajstić information content (AvgIpc) is 3.01. The van der Waals surface area contributed by atoms with Gasteiger partial charge in [-0.05, 0) is 42.3 Å². The third kappa shape index (κ3) is 5.89. The lowest BCUT2D eigenvalue weighted by Crippen LogP contribution is -2.29. The van der Waals surface area contributed by atoms with E-state index < -0.39 is 17.6 Å². The Morgan fingerprint density at radius 3 is 2.69 bits per heavy atom. The molecule has 0 atom stereocenters. The Morgan fingerprint density at radius 1 is 1.22 bits per heavy atom. The first-order chi connectivity index (χ1) is 15.2. The number of nitrogens with zero attached hydrogens (tertiary/aromatic N) is 1. The summed E-state index contributed by atoms with van der Waals surface area (Å²) in [6, 6.07) is 12.0. The van der Waals surface area contributed by atoms with Crippen LogP contribution in [0.1, 0.15) is 24.0 Å². The Morgan fingerprint density at radius 2 is 1.97 bits per heavy atom. The van der Waals surface area contributed by atoms with Crippen LogP contribution in [0.15, 0.2) is 53.4 Å². The number of hydrogen-bond acceptors (Lipinski definition) is 5. The van der Waals surface area contributed by atoms with Gasteiger partial charge in [0.05, 0.1) is 23.3 Å². The number of hydrogen-bond donors (Lipinski definition) is 1. The molecule has 0 saturated carbocycles. The lowest BCUT2D eigenvalue weighted by atomic mass is 10.1.